The van der Waals surface area contributed by atoms with Gasteiger partial charge in [0, 0.05) is 28.8 Å². The zero-order valence-corrected chi connectivity index (χ0v) is 14.5. The van der Waals surface area contributed by atoms with Crippen LogP contribution in [0.2, 0.25) is 0 Å². The van der Waals surface area contributed by atoms with Crippen molar-refractivity contribution >= 4 is 11.6 Å². The number of hydrogen-bond donors (Lipinski definition) is 1. The molecule has 0 bridgehead atoms. The van der Waals surface area contributed by atoms with E-state index in [9.17, 15) is 14.9 Å². The normalized spacial score (nSPS) is 11.5. The van der Waals surface area contributed by atoms with Gasteiger partial charge < -0.3 is 14.8 Å². The van der Waals surface area contributed by atoms with Gasteiger partial charge in [0.05, 0.1) is 25.2 Å². The number of nitrogens with one attached hydrogen (secondary N) is 1. The minimum atomic E-state index is -0.498. The first-order valence-corrected chi connectivity index (χ1v) is 7.65. The van der Waals surface area contributed by atoms with E-state index in [1.807, 2.05) is 13.0 Å². The van der Waals surface area contributed by atoms with Crippen molar-refractivity contribution in [2.75, 3.05) is 14.2 Å². The molecule has 25 heavy (non-hydrogen) atoms. The molecule has 0 radical (unpaired) electrons. The summed E-state index contributed by atoms with van der Waals surface area (Å²) in [6.45, 7) is 3.38. The van der Waals surface area contributed by atoms with Crippen LogP contribution in [-0.4, -0.2) is 25.1 Å². The summed E-state index contributed by atoms with van der Waals surface area (Å²) in [6, 6.07) is 9.40. The van der Waals surface area contributed by atoms with Crippen molar-refractivity contribution in [2.45, 2.75) is 19.9 Å². The van der Waals surface area contributed by atoms with Crippen LogP contribution in [0.15, 0.2) is 36.4 Å². The predicted octanol–water partition coefficient (Wildman–Crippen LogP) is 3.41. The maximum absolute atomic E-state index is 12.5. The molecule has 1 atom stereocenters. The van der Waals surface area contributed by atoms with Crippen molar-refractivity contribution in [3.05, 3.63) is 63.2 Å². The summed E-state index contributed by atoms with van der Waals surface area (Å²) in [4.78, 5) is 23.1. The van der Waals surface area contributed by atoms with Gasteiger partial charge in [-0.1, -0.05) is 6.07 Å². The molecule has 132 valence electrons. The van der Waals surface area contributed by atoms with Crippen LogP contribution in [-0.2, 0) is 0 Å². The first kappa shape index (κ1) is 18.3. The van der Waals surface area contributed by atoms with Crippen LogP contribution < -0.4 is 14.8 Å². The van der Waals surface area contributed by atoms with Gasteiger partial charge in [0.25, 0.3) is 11.6 Å². The molecule has 0 heterocycles. The lowest BCUT2D eigenvalue weighted by Gasteiger charge is -2.18. The number of hydrogen-bond acceptors (Lipinski definition) is 5. The van der Waals surface area contributed by atoms with E-state index >= 15 is 0 Å². The maximum atomic E-state index is 12.5. The van der Waals surface area contributed by atoms with Crippen molar-refractivity contribution in [3.8, 4) is 11.5 Å². The fourth-order valence-corrected chi connectivity index (χ4v) is 2.60. The van der Waals surface area contributed by atoms with Crippen molar-refractivity contribution in [2.24, 2.45) is 0 Å². The highest BCUT2D eigenvalue weighted by Gasteiger charge is 2.20. The standard InChI is InChI=1S/C18H20N2O5/c1-11-14(6-5-7-16(11)20(22)23)18(21)19-12(2)15-9-8-13(24-3)10-17(15)25-4/h5-10,12H,1-4H3,(H,19,21). The number of amides is 1. The Morgan fingerprint density at radius 3 is 2.52 bits per heavy atom. The number of ether oxygens (including phenoxy) is 2. The van der Waals surface area contributed by atoms with Crippen LogP contribution in [0.4, 0.5) is 5.69 Å². The molecule has 0 aromatic heterocycles. The van der Waals surface area contributed by atoms with Crippen molar-refractivity contribution in [1.82, 2.24) is 5.32 Å². The van der Waals surface area contributed by atoms with Crippen LogP contribution in [0.25, 0.3) is 0 Å². The van der Waals surface area contributed by atoms with E-state index in [1.54, 1.807) is 32.2 Å². The molecule has 2 rings (SSSR count). The first-order valence-electron chi connectivity index (χ1n) is 7.65. The van der Waals surface area contributed by atoms with Crippen molar-refractivity contribution in [1.29, 1.82) is 0 Å². The minimum Gasteiger partial charge on any atom is -0.497 e. The van der Waals surface area contributed by atoms with Gasteiger partial charge in [0.2, 0.25) is 0 Å². The summed E-state index contributed by atoms with van der Waals surface area (Å²) in [6.07, 6.45) is 0. The molecule has 2 aromatic carbocycles. The third kappa shape index (κ3) is 3.88. The summed E-state index contributed by atoms with van der Waals surface area (Å²) < 4.78 is 10.5. The smallest absolute Gasteiger partial charge is 0.273 e. The molecular weight excluding hydrogens is 324 g/mol. The van der Waals surface area contributed by atoms with Crippen molar-refractivity contribution in [3.63, 3.8) is 0 Å². The zero-order valence-electron chi connectivity index (χ0n) is 14.5. The van der Waals surface area contributed by atoms with Crippen molar-refractivity contribution < 1.29 is 19.2 Å². The Hall–Kier alpha value is -3.09. The third-order valence-electron chi connectivity index (χ3n) is 4.00. The average molecular weight is 344 g/mol. The molecule has 0 saturated heterocycles. The number of methoxy groups -OCH3 is 2. The fraction of sp³-hybridized carbons (Fsp3) is 0.278. The molecule has 0 spiro atoms. The lowest BCUT2D eigenvalue weighted by atomic mass is 10.0. The molecule has 0 fully saturated rings. The Labute approximate surface area is 145 Å². The molecule has 7 heteroatoms. The molecule has 1 N–H and O–H groups in total. The second kappa shape index (κ2) is 7.65. The maximum Gasteiger partial charge on any atom is 0.273 e. The van der Waals surface area contributed by atoms with Crippen LogP contribution >= 0.6 is 0 Å². The largest absolute Gasteiger partial charge is 0.497 e. The van der Waals surface area contributed by atoms with Gasteiger partial charge in [0.15, 0.2) is 0 Å². The lowest BCUT2D eigenvalue weighted by Crippen LogP contribution is -2.27. The van der Waals surface area contributed by atoms with E-state index < -0.39 is 4.92 Å². The van der Waals surface area contributed by atoms with Gasteiger partial charge in [-0.25, -0.2) is 0 Å². The Balaban J connectivity index is 2.27. The molecule has 2 aromatic rings. The summed E-state index contributed by atoms with van der Waals surface area (Å²) in [5, 5.41) is 13.9. The lowest BCUT2D eigenvalue weighted by molar-refractivity contribution is -0.385. The van der Waals surface area contributed by atoms with Crippen LogP contribution in [0.5, 0.6) is 11.5 Å². The van der Waals surface area contributed by atoms with Crippen LogP contribution in [0, 0.1) is 17.0 Å². The van der Waals surface area contributed by atoms with Gasteiger partial charge >= 0.3 is 0 Å². The summed E-state index contributed by atoms with van der Waals surface area (Å²) in [5.74, 6) is 0.850. The monoisotopic (exact) mass is 344 g/mol. The molecule has 0 aliphatic heterocycles. The number of rotatable bonds is 6. The highest BCUT2D eigenvalue weighted by atomic mass is 16.6. The summed E-state index contributed by atoms with van der Waals surface area (Å²) in [7, 11) is 3.10. The Bertz CT molecular complexity index is 804. The van der Waals surface area contributed by atoms with Gasteiger partial charge in [-0.2, -0.15) is 0 Å². The molecule has 7 nitrogen and oxygen atoms in total. The molecule has 0 aliphatic carbocycles. The van der Waals surface area contributed by atoms with E-state index in [2.05, 4.69) is 5.32 Å². The summed E-state index contributed by atoms with van der Waals surface area (Å²) >= 11 is 0. The van der Waals surface area contributed by atoms with E-state index in [-0.39, 0.29) is 23.2 Å². The Morgan fingerprint density at radius 1 is 1.20 bits per heavy atom. The Kier molecular flexibility index (Phi) is 5.59. The number of carbonyl (C=O) groups is 1. The fourth-order valence-electron chi connectivity index (χ4n) is 2.60. The van der Waals surface area contributed by atoms with Gasteiger partial charge in [-0.05, 0) is 32.0 Å². The zero-order chi connectivity index (χ0) is 18.6. The summed E-state index contributed by atoms with van der Waals surface area (Å²) in [5.41, 5.74) is 1.30. The number of nitro benzene ring substituents is 1. The van der Waals surface area contributed by atoms with Crippen LogP contribution in [0.3, 0.4) is 0 Å². The topological polar surface area (TPSA) is 90.7 Å². The second-order valence-electron chi connectivity index (χ2n) is 5.51. The molecule has 1 amide bonds. The van der Waals surface area contributed by atoms with E-state index in [1.165, 1.54) is 19.2 Å². The highest BCUT2D eigenvalue weighted by Crippen LogP contribution is 2.30. The molecule has 0 aliphatic rings. The van der Waals surface area contributed by atoms with Gasteiger partial charge in [-0.3, -0.25) is 14.9 Å². The number of nitrogens with zero attached hydrogens (tertiary/aromatic N) is 1. The highest BCUT2D eigenvalue weighted by molar-refractivity contribution is 5.96. The van der Waals surface area contributed by atoms with Gasteiger partial charge in [-0.15, -0.1) is 0 Å². The number of nitro groups is 1. The van der Waals surface area contributed by atoms with E-state index in [4.69, 9.17) is 9.47 Å². The first-order chi connectivity index (χ1) is 11.9. The number of carbonyl (C=O) groups excluding carboxylic acids is 1. The number of benzene rings is 2. The quantitative estimate of drug-likeness (QED) is 0.640. The third-order valence-corrected chi connectivity index (χ3v) is 4.00. The average Bonchev–Trinajstić information content (AvgIpc) is 2.60. The second-order valence-corrected chi connectivity index (χ2v) is 5.51. The van der Waals surface area contributed by atoms with E-state index in [0.29, 0.717) is 17.1 Å². The van der Waals surface area contributed by atoms with E-state index in [0.717, 1.165) is 5.56 Å². The Morgan fingerprint density at radius 2 is 1.92 bits per heavy atom. The SMILES string of the molecule is COc1ccc(C(C)NC(=O)c2cccc([N+](=O)[O-])c2C)c(OC)c1. The van der Waals surface area contributed by atoms with Crippen LogP contribution in [0.1, 0.15) is 34.5 Å². The van der Waals surface area contributed by atoms with Gasteiger partial charge in [0.1, 0.15) is 11.5 Å². The molecule has 0 saturated carbocycles. The predicted molar refractivity (Wildman–Crippen MR) is 93.3 cm³/mol. The molecule has 1 unspecified atom stereocenters. The molecular formula is C18H20N2O5. The minimum absolute atomic E-state index is 0.0812.